The van der Waals surface area contributed by atoms with Crippen molar-refractivity contribution in [2.45, 2.75) is 0 Å². The van der Waals surface area contributed by atoms with E-state index in [9.17, 15) is 0 Å². The SMILES string of the molecule is c1ccc(-c2cc(-c3ccccc3)cc(-n3ccc4c3ccc3c5ccccc5n(-c5ccc6c(c5)c5ccccc5n6-c5nc(-c6ccccc6)nc(-c6ccccc6)n5)c34)c2)cc1. The summed E-state index contributed by atoms with van der Waals surface area (Å²) in [6.45, 7) is 0. The lowest BCUT2D eigenvalue weighted by atomic mass is 9.98. The van der Waals surface area contributed by atoms with Gasteiger partial charge in [-0.1, -0.05) is 164 Å². The molecule has 6 nitrogen and oxygen atoms in total. The van der Waals surface area contributed by atoms with E-state index in [0.717, 1.165) is 55.3 Å². The molecule has 0 spiro atoms. The van der Waals surface area contributed by atoms with E-state index in [-0.39, 0.29) is 0 Å². The Morgan fingerprint density at radius 1 is 0.277 bits per heavy atom. The topological polar surface area (TPSA) is 53.5 Å². The minimum atomic E-state index is 0.573. The predicted octanol–water partition coefficient (Wildman–Crippen LogP) is 14.7. The van der Waals surface area contributed by atoms with Crippen LogP contribution in [-0.4, -0.2) is 28.7 Å². The van der Waals surface area contributed by atoms with Gasteiger partial charge in [0.25, 0.3) is 0 Å². The zero-order valence-electron chi connectivity index (χ0n) is 35.1. The molecule has 0 atom stereocenters. The highest BCUT2D eigenvalue weighted by atomic mass is 15.2. The van der Waals surface area contributed by atoms with Crippen LogP contribution in [0, 0.1) is 0 Å². The van der Waals surface area contributed by atoms with Crippen molar-refractivity contribution in [1.29, 1.82) is 0 Å². The molecule has 4 aromatic heterocycles. The number of hydrogen-bond acceptors (Lipinski definition) is 3. The summed E-state index contributed by atoms with van der Waals surface area (Å²) in [5, 5.41) is 5.84. The maximum Gasteiger partial charge on any atom is 0.238 e. The summed E-state index contributed by atoms with van der Waals surface area (Å²) in [6, 6.07) is 79.5. The summed E-state index contributed by atoms with van der Waals surface area (Å²) in [7, 11) is 0. The van der Waals surface area contributed by atoms with Crippen LogP contribution in [-0.2, 0) is 0 Å². The molecule has 0 amide bonds. The Morgan fingerprint density at radius 3 is 1.37 bits per heavy atom. The third-order valence-electron chi connectivity index (χ3n) is 12.7. The van der Waals surface area contributed by atoms with Crippen LogP contribution in [0.5, 0.6) is 0 Å². The number of benzene rings is 9. The Balaban J connectivity index is 1.02. The second-order valence-electron chi connectivity index (χ2n) is 16.5. The van der Waals surface area contributed by atoms with Crippen LogP contribution in [0.25, 0.3) is 117 Å². The fraction of sp³-hybridized carbons (Fsp3) is 0. The first kappa shape index (κ1) is 36.8. The van der Waals surface area contributed by atoms with Gasteiger partial charge in [0.1, 0.15) is 0 Å². The van der Waals surface area contributed by atoms with Gasteiger partial charge in [-0.05, 0) is 82.9 Å². The average Bonchev–Trinajstić information content (AvgIpc) is 4.07. The monoisotopic (exact) mass is 830 g/mol. The van der Waals surface area contributed by atoms with E-state index in [4.69, 9.17) is 15.0 Å². The van der Waals surface area contributed by atoms with E-state index in [1.807, 2.05) is 60.7 Å². The van der Waals surface area contributed by atoms with E-state index in [2.05, 4.69) is 184 Å². The van der Waals surface area contributed by atoms with Gasteiger partial charge in [-0.2, -0.15) is 9.97 Å². The zero-order valence-corrected chi connectivity index (χ0v) is 35.1. The van der Waals surface area contributed by atoms with Gasteiger partial charge in [0.15, 0.2) is 11.6 Å². The highest BCUT2D eigenvalue weighted by Gasteiger charge is 2.21. The van der Waals surface area contributed by atoms with Crippen molar-refractivity contribution in [1.82, 2.24) is 28.7 Å². The molecule has 0 aliphatic rings. The lowest BCUT2D eigenvalue weighted by Crippen LogP contribution is -2.06. The molecule has 65 heavy (non-hydrogen) atoms. The Kier molecular flexibility index (Phi) is 8.42. The highest BCUT2D eigenvalue weighted by molar-refractivity contribution is 6.19. The van der Waals surface area contributed by atoms with Gasteiger partial charge in [0.05, 0.1) is 27.6 Å². The van der Waals surface area contributed by atoms with Crippen molar-refractivity contribution in [2.75, 3.05) is 0 Å². The first-order valence-electron chi connectivity index (χ1n) is 21.9. The molecule has 0 N–H and O–H groups in total. The molecule has 0 saturated carbocycles. The fourth-order valence-corrected chi connectivity index (χ4v) is 9.73. The molecule has 0 fully saturated rings. The summed E-state index contributed by atoms with van der Waals surface area (Å²) >= 11 is 0. The molecule has 0 radical (unpaired) electrons. The average molecular weight is 831 g/mol. The van der Waals surface area contributed by atoms with Crippen LogP contribution < -0.4 is 0 Å². The van der Waals surface area contributed by atoms with Crippen molar-refractivity contribution in [2.24, 2.45) is 0 Å². The fourth-order valence-electron chi connectivity index (χ4n) is 9.73. The highest BCUT2D eigenvalue weighted by Crippen LogP contribution is 2.41. The molecule has 6 heteroatoms. The van der Waals surface area contributed by atoms with Gasteiger partial charge in [0, 0.05) is 55.6 Å². The molecule has 13 aromatic rings. The lowest BCUT2D eigenvalue weighted by molar-refractivity contribution is 0.953. The molecule has 9 aromatic carbocycles. The molecular weight excluding hydrogens is 793 g/mol. The Bertz CT molecular complexity index is 3810. The molecule has 13 rings (SSSR count). The zero-order chi connectivity index (χ0) is 42.8. The molecule has 0 bridgehead atoms. The molecule has 0 unspecified atom stereocenters. The number of nitrogens with zero attached hydrogens (tertiary/aromatic N) is 6. The van der Waals surface area contributed by atoms with Crippen LogP contribution >= 0.6 is 0 Å². The quantitative estimate of drug-likeness (QED) is 0.161. The third kappa shape index (κ3) is 6.07. The van der Waals surface area contributed by atoms with Crippen molar-refractivity contribution in [3.8, 4) is 62.4 Å². The minimum absolute atomic E-state index is 0.573. The molecule has 0 aliphatic heterocycles. The number of aromatic nitrogens is 6. The van der Waals surface area contributed by atoms with E-state index < -0.39 is 0 Å². The number of para-hydroxylation sites is 2. The predicted molar refractivity (Wildman–Crippen MR) is 267 cm³/mol. The van der Waals surface area contributed by atoms with E-state index >= 15 is 0 Å². The Morgan fingerprint density at radius 2 is 0.769 bits per heavy atom. The van der Waals surface area contributed by atoms with Gasteiger partial charge in [-0.25, -0.2) is 4.98 Å². The second-order valence-corrected chi connectivity index (χ2v) is 16.5. The van der Waals surface area contributed by atoms with E-state index in [1.54, 1.807) is 0 Å². The molecule has 4 heterocycles. The van der Waals surface area contributed by atoms with Gasteiger partial charge in [-0.3, -0.25) is 4.57 Å². The normalized spacial score (nSPS) is 11.7. The van der Waals surface area contributed by atoms with Gasteiger partial charge >= 0.3 is 0 Å². The number of rotatable bonds is 7. The van der Waals surface area contributed by atoms with Crippen LogP contribution in [0.2, 0.25) is 0 Å². The van der Waals surface area contributed by atoms with Crippen molar-refractivity contribution >= 4 is 54.5 Å². The summed E-state index contributed by atoms with van der Waals surface area (Å²) in [6.07, 6.45) is 2.23. The minimum Gasteiger partial charge on any atom is -0.316 e. The maximum atomic E-state index is 5.17. The van der Waals surface area contributed by atoms with E-state index in [0.29, 0.717) is 17.6 Å². The van der Waals surface area contributed by atoms with Crippen molar-refractivity contribution in [3.05, 3.63) is 231 Å². The van der Waals surface area contributed by atoms with Crippen LogP contribution in [0.15, 0.2) is 231 Å². The van der Waals surface area contributed by atoms with Gasteiger partial charge in [0.2, 0.25) is 5.95 Å². The lowest BCUT2D eigenvalue weighted by Gasteiger charge is -2.14. The van der Waals surface area contributed by atoms with Crippen LogP contribution in [0.4, 0.5) is 0 Å². The molecule has 0 saturated heterocycles. The standard InChI is InChI=1S/C59H38N6/c1-5-17-39(18-6-1)43-35-44(40-19-7-2-8-20-40)37-46(36-43)63-34-33-50-52(63)32-30-49-47-25-13-15-27-53(47)64(56(49)50)45-29-31-55-51(38-45)48-26-14-16-28-54(48)65(55)59-61-57(41-21-9-3-10-22-41)60-58(62-59)42-23-11-4-12-24-42/h1-38H. The molecular formula is C59H38N6. The van der Waals surface area contributed by atoms with Gasteiger partial charge in [-0.15, -0.1) is 0 Å². The summed E-state index contributed by atoms with van der Waals surface area (Å²) in [5.74, 6) is 1.82. The summed E-state index contributed by atoms with van der Waals surface area (Å²) < 4.78 is 6.98. The third-order valence-corrected chi connectivity index (χ3v) is 12.7. The van der Waals surface area contributed by atoms with E-state index in [1.165, 1.54) is 43.9 Å². The number of fused-ring (bicyclic) bond motifs is 8. The first-order valence-corrected chi connectivity index (χ1v) is 21.9. The first-order chi connectivity index (χ1) is 32.2. The van der Waals surface area contributed by atoms with Gasteiger partial charge < -0.3 is 9.13 Å². The van der Waals surface area contributed by atoms with Crippen LogP contribution in [0.1, 0.15) is 0 Å². The smallest absolute Gasteiger partial charge is 0.238 e. The Hall–Kier alpha value is -8.87. The summed E-state index contributed by atoms with van der Waals surface area (Å²) in [4.78, 5) is 15.3. The molecule has 0 aliphatic carbocycles. The number of hydrogen-bond donors (Lipinski definition) is 0. The summed E-state index contributed by atoms with van der Waals surface area (Å²) in [5.41, 5.74) is 14.3. The maximum absolute atomic E-state index is 5.17. The van der Waals surface area contributed by atoms with Crippen molar-refractivity contribution in [3.63, 3.8) is 0 Å². The molecule has 304 valence electrons. The largest absolute Gasteiger partial charge is 0.316 e. The van der Waals surface area contributed by atoms with Crippen molar-refractivity contribution < 1.29 is 0 Å². The Labute approximate surface area is 374 Å². The second kappa shape index (κ2) is 14.9. The van der Waals surface area contributed by atoms with Crippen LogP contribution in [0.3, 0.4) is 0 Å².